The first-order chi connectivity index (χ1) is 12.6. The highest BCUT2D eigenvalue weighted by Crippen LogP contribution is 2.26. The fourth-order valence-electron chi connectivity index (χ4n) is 3.01. The van der Waals surface area contributed by atoms with Crippen molar-refractivity contribution >= 4 is 22.9 Å². The molecule has 0 saturated carbocycles. The summed E-state index contributed by atoms with van der Waals surface area (Å²) in [5.74, 6) is 1.22. The number of anilines is 1. The van der Waals surface area contributed by atoms with Gasteiger partial charge in [-0.25, -0.2) is 14.8 Å². The Kier molecular flexibility index (Phi) is 4.11. The molecule has 1 saturated heterocycles. The van der Waals surface area contributed by atoms with Gasteiger partial charge in [-0.15, -0.1) is 0 Å². The Balaban J connectivity index is 1.66. The standard InChI is InChI=1S/C17H19N7O2/c1-11-13-15(19-7-8-24-9-10-26-17(24)25)20-14(12-5-3-4-6-18-12)21-16(13)23(2)22-11/h3-6H,7-10H2,1-2H3,(H,19,20,21). The molecule has 134 valence electrons. The Morgan fingerprint density at radius 1 is 1.31 bits per heavy atom. The summed E-state index contributed by atoms with van der Waals surface area (Å²) in [6.07, 6.45) is 1.44. The molecule has 1 N–H and O–H groups in total. The summed E-state index contributed by atoms with van der Waals surface area (Å²) in [4.78, 5) is 26.8. The lowest BCUT2D eigenvalue weighted by Gasteiger charge is -2.14. The Bertz CT molecular complexity index is 955. The maximum absolute atomic E-state index is 11.6. The zero-order chi connectivity index (χ0) is 18.1. The van der Waals surface area contributed by atoms with Crippen LogP contribution in [0.1, 0.15) is 5.69 Å². The van der Waals surface area contributed by atoms with E-state index in [-0.39, 0.29) is 6.09 Å². The third kappa shape index (κ3) is 2.92. The summed E-state index contributed by atoms with van der Waals surface area (Å²) < 4.78 is 6.69. The summed E-state index contributed by atoms with van der Waals surface area (Å²) in [7, 11) is 1.86. The summed E-state index contributed by atoms with van der Waals surface area (Å²) in [6, 6.07) is 5.62. The molecule has 3 aromatic heterocycles. The van der Waals surface area contributed by atoms with Crippen LogP contribution in [0, 0.1) is 6.92 Å². The summed E-state index contributed by atoms with van der Waals surface area (Å²) in [5, 5.41) is 8.64. The molecule has 0 radical (unpaired) electrons. The van der Waals surface area contributed by atoms with Crippen molar-refractivity contribution in [2.45, 2.75) is 6.92 Å². The molecule has 26 heavy (non-hydrogen) atoms. The van der Waals surface area contributed by atoms with E-state index in [9.17, 15) is 4.79 Å². The zero-order valence-corrected chi connectivity index (χ0v) is 14.6. The van der Waals surface area contributed by atoms with Gasteiger partial charge >= 0.3 is 6.09 Å². The van der Waals surface area contributed by atoms with Crippen LogP contribution in [0.15, 0.2) is 24.4 Å². The highest BCUT2D eigenvalue weighted by atomic mass is 16.6. The fourth-order valence-corrected chi connectivity index (χ4v) is 3.01. The highest BCUT2D eigenvalue weighted by Gasteiger charge is 2.22. The van der Waals surface area contributed by atoms with Gasteiger partial charge in [0.05, 0.1) is 17.6 Å². The molecule has 1 fully saturated rings. The summed E-state index contributed by atoms with van der Waals surface area (Å²) in [6.45, 7) is 4.09. The number of ether oxygens (including phenoxy) is 1. The van der Waals surface area contributed by atoms with Crippen LogP contribution in [0.2, 0.25) is 0 Å². The van der Waals surface area contributed by atoms with Gasteiger partial charge in [-0.1, -0.05) is 6.07 Å². The van der Waals surface area contributed by atoms with Gasteiger partial charge in [-0.05, 0) is 19.1 Å². The van der Waals surface area contributed by atoms with Crippen molar-refractivity contribution in [2.24, 2.45) is 7.05 Å². The lowest BCUT2D eigenvalue weighted by molar-refractivity contribution is 0.159. The van der Waals surface area contributed by atoms with Crippen molar-refractivity contribution in [1.82, 2.24) is 29.6 Å². The number of aryl methyl sites for hydroxylation is 2. The van der Waals surface area contributed by atoms with E-state index in [0.29, 0.717) is 43.6 Å². The molecule has 1 aliphatic rings. The highest BCUT2D eigenvalue weighted by molar-refractivity contribution is 5.90. The molecular weight excluding hydrogens is 334 g/mol. The second-order valence-corrected chi connectivity index (χ2v) is 6.05. The Hall–Kier alpha value is -3.23. The molecular formula is C17H19N7O2. The van der Waals surface area contributed by atoms with Gasteiger partial charge in [-0.3, -0.25) is 9.67 Å². The van der Waals surface area contributed by atoms with E-state index < -0.39 is 0 Å². The average Bonchev–Trinajstić information content (AvgIpc) is 3.19. The van der Waals surface area contributed by atoms with Crippen molar-refractivity contribution < 1.29 is 9.53 Å². The van der Waals surface area contributed by atoms with Crippen LogP contribution in [0.3, 0.4) is 0 Å². The third-order valence-corrected chi connectivity index (χ3v) is 4.27. The number of nitrogens with one attached hydrogen (secondary N) is 1. The minimum absolute atomic E-state index is 0.272. The van der Waals surface area contributed by atoms with Crippen LogP contribution >= 0.6 is 0 Å². The quantitative estimate of drug-likeness (QED) is 0.744. The second kappa shape index (κ2) is 6.58. The number of nitrogens with zero attached hydrogens (tertiary/aromatic N) is 6. The maximum Gasteiger partial charge on any atom is 0.409 e. The monoisotopic (exact) mass is 353 g/mol. The SMILES string of the molecule is Cc1nn(C)c2nc(-c3ccccn3)nc(NCCN3CCOC3=O)c12. The van der Waals surface area contributed by atoms with Gasteiger partial charge in [0.25, 0.3) is 0 Å². The van der Waals surface area contributed by atoms with Crippen molar-refractivity contribution in [2.75, 3.05) is 31.6 Å². The number of carbonyl (C=O) groups is 1. The van der Waals surface area contributed by atoms with Crippen molar-refractivity contribution in [3.8, 4) is 11.5 Å². The van der Waals surface area contributed by atoms with Crippen molar-refractivity contribution in [1.29, 1.82) is 0 Å². The maximum atomic E-state index is 11.6. The van der Waals surface area contributed by atoms with E-state index in [0.717, 1.165) is 16.7 Å². The van der Waals surface area contributed by atoms with E-state index >= 15 is 0 Å². The predicted octanol–water partition coefficient (Wildman–Crippen LogP) is 1.60. The minimum atomic E-state index is -0.272. The van der Waals surface area contributed by atoms with E-state index in [1.165, 1.54) is 0 Å². The molecule has 1 aliphatic heterocycles. The molecule has 1 amide bonds. The van der Waals surface area contributed by atoms with Gasteiger partial charge in [0.1, 0.15) is 18.1 Å². The van der Waals surface area contributed by atoms with Crippen molar-refractivity contribution in [3.05, 3.63) is 30.1 Å². The van der Waals surface area contributed by atoms with Crippen LogP contribution < -0.4 is 5.32 Å². The molecule has 0 atom stereocenters. The van der Waals surface area contributed by atoms with Crippen LogP contribution in [0.5, 0.6) is 0 Å². The van der Waals surface area contributed by atoms with E-state index in [2.05, 4.69) is 25.4 Å². The lowest BCUT2D eigenvalue weighted by atomic mass is 10.2. The fraction of sp³-hybridized carbons (Fsp3) is 0.353. The topological polar surface area (TPSA) is 98.1 Å². The largest absolute Gasteiger partial charge is 0.448 e. The molecule has 9 nitrogen and oxygen atoms in total. The van der Waals surface area contributed by atoms with Crippen LogP contribution in [0.25, 0.3) is 22.6 Å². The Morgan fingerprint density at radius 3 is 2.92 bits per heavy atom. The normalized spacial score (nSPS) is 14.1. The summed E-state index contributed by atoms with van der Waals surface area (Å²) in [5.41, 5.74) is 2.28. The number of cyclic esters (lactones) is 1. The number of fused-ring (bicyclic) bond motifs is 1. The number of pyridine rings is 1. The van der Waals surface area contributed by atoms with Gasteiger partial charge in [0.15, 0.2) is 11.5 Å². The van der Waals surface area contributed by atoms with Gasteiger partial charge in [-0.2, -0.15) is 5.10 Å². The van der Waals surface area contributed by atoms with E-state index in [4.69, 9.17) is 4.74 Å². The van der Waals surface area contributed by atoms with Gasteiger partial charge in [0.2, 0.25) is 0 Å². The number of carbonyl (C=O) groups excluding carboxylic acids is 1. The number of aromatic nitrogens is 5. The first kappa shape index (κ1) is 16.2. The predicted molar refractivity (Wildman–Crippen MR) is 95.7 cm³/mol. The first-order valence-electron chi connectivity index (χ1n) is 8.42. The Morgan fingerprint density at radius 2 is 2.19 bits per heavy atom. The molecule has 4 heterocycles. The van der Waals surface area contributed by atoms with Crippen LogP contribution in [0.4, 0.5) is 10.6 Å². The third-order valence-electron chi connectivity index (χ3n) is 4.27. The minimum Gasteiger partial charge on any atom is -0.448 e. The number of hydrogen-bond donors (Lipinski definition) is 1. The van der Waals surface area contributed by atoms with Gasteiger partial charge < -0.3 is 15.0 Å². The molecule has 0 aromatic carbocycles. The van der Waals surface area contributed by atoms with E-state index in [1.54, 1.807) is 15.8 Å². The van der Waals surface area contributed by atoms with Crippen LogP contribution in [-0.4, -0.2) is 62.0 Å². The Labute approximate surface area is 150 Å². The molecule has 0 unspecified atom stereocenters. The molecule has 4 rings (SSSR count). The van der Waals surface area contributed by atoms with Crippen molar-refractivity contribution in [3.63, 3.8) is 0 Å². The first-order valence-corrected chi connectivity index (χ1v) is 8.42. The number of rotatable bonds is 5. The molecule has 0 bridgehead atoms. The summed E-state index contributed by atoms with van der Waals surface area (Å²) >= 11 is 0. The zero-order valence-electron chi connectivity index (χ0n) is 14.6. The smallest absolute Gasteiger partial charge is 0.409 e. The molecule has 9 heteroatoms. The molecule has 3 aromatic rings. The van der Waals surface area contributed by atoms with Crippen LogP contribution in [-0.2, 0) is 11.8 Å². The van der Waals surface area contributed by atoms with E-state index in [1.807, 2.05) is 32.2 Å². The molecule has 0 spiro atoms. The molecule has 0 aliphatic carbocycles. The second-order valence-electron chi connectivity index (χ2n) is 6.05. The lowest BCUT2D eigenvalue weighted by Crippen LogP contribution is -2.29. The van der Waals surface area contributed by atoms with Gasteiger partial charge in [0, 0.05) is 26.3 Å². The number of hydrogen-bond acceptors (Lipinski definition) is 7. The number of amides is 1. The average molecular weight is 353 g/mol.